The van der Waals surface area contributed by atoms with E-state index in [1.807, 2.05) is 18.2 Å². The fourth-order valence-electron chi connectivity index (χ4n) is 1.44. The molecule has 2 heterocycles. The Labute approximate surface area is 108 Å². The molecule has 0 aliphatic carbocycles. The molecule has 0 bridgehead atoms. The number of hydrogen-bond acceptors (Lipinski definition) is 4. The van der Waals surface area contributed by atoms with E-state index in [0.717, 1.165) is 14.3 Å². The van der Waals surface area contributed by atoms with Crippen LogP contribution in [0.5, 0.6) is 0 Å². The number of nitrogens with zero attached hydrogens (tertiary/aromatic N) is 2. The van der Waals surface area contributed by atoms with E-state index in [1.54, 1.807) is 6.07 Å². The fraction of sp³-hybridized carbons (Fsp3) is 0. The van der Waals surface area contributed by atoms with Crippen LogP contribution in [0.1, 0.15) is 0 Å². The van der Waals surface area contributed by atoms with Crippen LogP contribution in [0.25, 0.3) is 21.7 Å². The lowest BCUT2D eigenvalue weighted by Crippen LogP contribution is -1.70. The van der Waals surface area contributed by atoms with Gasteiger partial charge in [0.25, 0.3) is 0 Å². The van der Waals surface area contributed by atoms with Crippen LogP contribution in [0.2, 0.25) is 5.02 Å². The molecule has 1 aromatic carbocycles. The highest BCUT2D eigenvalue weighted by Crippen LogP contribution is 2.33. The molecule has 0 unspecified atom stereocenters. The Balaban J connectivity index is 2.22. The number of rotatable bonds is 1. The summed E-state index contributed by atoms with van der Waals surface area (Å²) in [6.45, 7) is 0. The molecule has 2 aromatic heterocycles. The van der Waals surface area contributed by atoms with Gasteiger partial charge in [0.15, 0.2) is 20.3 Å². The maximum Gasteiger partial charge on any atom is 0.184 e. The maximum atomic E-state index is 6.03. The summed E-state index contributed by atoms with van der Waals surface area (Å²) in [4.78, 5) is 0. The van der Waals surface area contributed by atoms with Crippen LogP contribution in [0.4, 0.5) is 0 Å². The summed E-state index contributed by atoms with van der Waals surface area (Å²) in [5, 5.41) is 10.2. The van der Waals surface area contributed by atoms with Gasteiger partial charge in [-0.1, -0.05) is 35.1 Å². The van der Waals surface area contributed by atoms with Crippen molar-refractivity contribution in [3.8, 4) is 10.8 Å². The van der Waals surface area contributed by atoms with Gasteiger partial charge in [-0.25, -0.2) is 0 Å². The molecule has 3 aromatic rings. The molecule has 80 valence electrons. The first-order chi connectivity index (χ1) is 7.74. The van der Waals surface area contributed by atoms with Crippen LogP contribution < -0.4 is 0 Å². The van der Waals surface area contributed by atoms with Crippen molar-refractivity contribution < 1.29 is 4.42 Å². The number of benzene rings is 1. The second kappa shape index (κ2) is 3.84. The molecule has 0 spiro atoms. The van der Waals surface area contributed by atoms with Crippen molar-refractivity contribution >= 4 is 49.8 Å². The van der Waals surface area contributed by atoms with Gasteiger partial charge in [-0.15, -0.1) is 10.2 Å². The number of fused-ring (bicyclic) bond motifs is 1. The first-order valence-corrected chi connectivity index (χ1v) is 6.40. The minimum atomic E-state index is 0.604. The SMILES string of the molecule is Clc1cccc2cc(-c3nnc(Br)s3)oc12. The summed E-state index contributed by atoms with van der Waals surface area (Å²) in [6, 6.07) is 7.55. The Bertz CT molecular complexity index is 664. The lowest BCUT2D eigenvalue weighted by molar-refractivity contribution is 0.630. The van der Waals surface area contributed by atoms with Crippen LogP contribution in [0.3, 0.4) is 0 Å². The molecule has 3 nitrogen and oxygen atoms in total. The van der Waals surface area contributed by atoms with E-state index in [9.17, 15) is 0 Å². The standard InChI is InChI=1S/C10H4BrClN2OS/c11-10-14-13-9(16-10)7-4-5-2-1-3-6(12)8(5)15-7/h1-4H. The second-order valence-corrected chi connectivity index (χ2v) is 5.79. The predicted molar refractivity (Wildman–Crippen MR) is 67.8 cm³/mol. The highest BCUT2D eigenvalue weighted by molar-refractivity contribution is 9.11. The molecule has 0 radical (unpaired) electrons. The van der Waals surface area contributed by atoms with E-state index < -0.39 is 0 Å². The molecule has 0 amide bonds. The van der Waals surface area contributed by atoms with E-state index in [1.165, 1.54) is 11.3 Å². The van der Waals surface area contributed by atoms with Gasteiger partial charge in [0, 0.05) is 5.39 Å². The van der Waals surface area contributed by atoms with Gasteiger partial charge < -0.3 is 4.42 Å². The lowest BCUT2D eigenvalue weighted by atomic mass is 10.2. The first-order valence-electron chi connectivity index (χ1n) is 4.41. The number of aromatic nitrogens is 2. The summed E-state index contributed by atoms with van der Waals surface area (Å²) in [5.41, 5.74) is 0.686. The van der Waals surface area contributed by atoms with E-state index in [0.29, 0.717) is 16.4 Å². The second-order valence-electron chi connectivity index (χ2n) is 3.13. The molecule has 0 aliphatic heterocycles. The van der Waals surface area contributed by atoms with E-state index >= 15 is 0 Å². The van der Waals surface area contributed by atoms with E-state index in [-0.39, 0.29) is 0 Å². The van der Waals surface area contributed by atoms with Gasteiger partial charge in [-0.2, -0.15) is 0 Å². The molecule has 0 N–H and O–H groups in total. The average molecular weight is 316 g/mol. The van der Waals surface area contributed by atoms with Crippen molar-refractivity contribution in [2.45, 2.75) is 0 Å². The molecular formula is C10H4BrClN2OS. The van der Waals surface area contributed by atoms with Crippen molar-refractivity contribution in [2.24, 2.45) is 0 Å². The van der Waals surface area contributed by atoms with Crippen LogP contribution in [-0.2, 0) is 0 Å². The van der Waals surface area contributed by atoms with Crippen molar-refractivity contribution in [3.05, 3.63) is 33.2 Å². The zero-order valence-corrected chi connectivity index (χ0v) is 10.9. The fourth-order valence-corrected chi connectivity index (χ4v) is 2.72. The zero-order chi connectivity index (χ0) is 11.1. The number of halogens is 2. The lowest BCUT2D eigenvalue weighted by Gasteiger charge is -1.89. The third kappa shape index (κ3) is 1.65. The Morgan fingerprint density at radius 3 is 2.88 bits per heavy atom. The number of para-hydroxylation sites is 1. The number of hydrogen-bond donors (Lipinski definition) is 0. The summed E-state index contributed by atoms with van der Waals surface area (Å²) >= 11 is 10.7. The van der Waals surface area contributed by atoms with Crippen molar-refractivity contribution in [1.82, 2.24) is 10.2 Å². The molecule has 16 heavy (non-hydrogen) atoms. The quantitative estimate of drug-likeness (QED) is 0.669. The van der Waals surface area contributed by atoms with Gasteiger partial charge in [-0.05, 0) is 28.1 Å². The van der Waals surface area contributed by atoms with Crippen LogP contribution in [0, 0.1) is 0 Å². The third-order valence-electron chi connectivity index (χ3n) is 2.11. The molecule has 0 saturated carbocycles. The van der Waals surface area contributed by atoms with Gasteiger partial charge >= 0.3 is 0 Å². The van der Waals surface area contributed by atoms with Crippen LogP contribution in [-0.4, -0.2) is 10.2 Å². The topological polar surface area (TPSA) is 38.9 Å². The molecule has 3 rings (SSSR count). The Kier molecular flexibility index (Phi) is 2.46. The van der Waals surface area contributed by atoms with Crippen molar-refractivity contribution in [2.75, 3.05) is 0 Å². The summed E-state index contributed by atoms with van der Waals surface area (Å²) < 4.78 is 6.38. The highest BCUT2D eigenvalue weighted by atomic mass is 79.9. The summed E-state index contributed by atoms with van der Waals surface area (Å²) in [5.74, 6) is 0.686. The van der Waals surface area contributed by atoms with E-state index in [2.05, 4.69) is 26.1 Å². The Morgan fingerprint density at radius 1 is 1.31 bits per heavy atom. The van der Waals surface area contributed by atoms with Crippen LogP contribution in [0.15, 0.2) is 32.6 Å². The van der Waals surface area contributed by atoms with Crippen molar-refractivity contribution in [1.29, 1.82) is 0 Å². The summed E-state index contributed by atoms with van der Waals surface area (Å²) in [7, 11) is 0. The molecule has 0 fully saturated rings. The number of furan rings is 1. The molecule has 6 heteroatoms. The minimum Gasteiger partial charge on any atom is -0.452 e. The maximum absolute atomic E-state index is 6.03. The van der Waals surface area contributed by atoms with E-state index in [4.69, 9.17) is 16.0 Å². The zero-order valence-electron chi connectivity index (χ0n) is 7.78. The van der Waals surface area contributed by atoms with Gasteiger partial charge in [-0.3, -0.25) is 0 Å². The van der Waals surface area contributed by atoms with Gasteiger partial charge in [0.1, 0.15) is 0 Å². The van der Waals surface area contributed by atoms with Gasteiger partial charge in [0.2, 0.25) is 0 Å². The highest BCUT2D eigenvalue weighted by Gasteiger charge is 2.12. The first kappa shape index (κ1) is 10.3. The molecule has 0 atom stereocenters. The van der Waals surface area contributed by atoms with Gasteiger partial charge in [0.05, 0.1) is 5.02 Å². The third-order valence-corrected chi connectivity index (χ3v) is 3.78. The molecule has 0 aliphatic rings. The minimum absolute atomic E-state index is 0.604. The molecular weight excluding hydrogens is 312 g/mol. The normalized spacial score (nSPS) is 11.1. The smallest absolute Gasteiger partial charge is 0.184 e. The van der Waals surface area contributed by atoms with Crippen molar-refractivity contribution in [3.63, 3.8) is 0 Å². The monoisotopic (exact) mass is 314 g/mol. The molecule has 0 saturated heterocycles. The summed E-state index contributed by atoms with van der Waals surface area (Å²) in [6.07, 6.45) is 0. The predicted octanol–water partition coefficient (Wildman–Crippen LogP) is 4.37. The largest absolute Gasteiger partial charge is 0.452 e. The Hall–Kier alpha value is -0.910. The average Bonchev–Trinajstić information content (AvgIpc) is 2.84. The Morgan fingerprint density at radius 2 is 2.19 bits per heavy atom. The van der Waals surface area contributed by atoms with Crippen LogP contribution >= 0.6 is 38.9 Å².